The average molecular weight is 198 g/mol. The fraction of sp³-hybridized carbons (Fsp3) is 1.00. The molecule has 0 saturated heterocycles. The van der Waals surface area contributed by atoms with Crippen LogP contribution in [0.3, 0.4) is 0 Å². The Balaban J connectivity index is 0.000000720. The summed E-state index contributed by atoms with van der Waals surface area (Å²) in [5.74, 6) is -2.40. The first kappa shape index (κ1) is 10.2. The lowest BCUT2D eigenvalue weighted by molar-refractivity contribution is -0.0502. The van der Waals surface area contributed by atoms with Gasteiger partial charge in [0, 0.05) is 18.9 Å². The third-order valence-electron chi connectivity index (χ3n) is 3.23. The predicted octanol–water partition coefficient (Wildman–Crippen LogP) is 2.33. The molecule has 0 radical (unpaired) electrons. The van der Waals surface area contributed by atoms with Gasteiger partial charge in [0.05, 0.1) is 0 Å². The quantitative estimate of drug-likeness (QED) is 0.634. The van der Waals surface area contributed by atoms with Gasteiger partial charge in [-0.15, -0.1) is 12.4 Å². The molecule has 2 aliphatic rings. The monoisotopic (exact) mass is 197 g/mol. The normalized spacial score (nSPS) is 35.8. The Labute approximate surface area is 77.1 Å². The van der Waals surface area contributed by atoms with Gasteiger partial charge in [-0.25, -0.2) is 8.78 Å². The third kappa shape index (κ3) is 1.57. The van der Waals surface area contributed by atoms with E-state index in [2.05, 4.69) is 0 Å². The fourth-order valence-corrected chi connectivity index (χ4v) is 2.07. The molecule has 0 heterocycles. The van der Waals surface area contributed by atoms with E-state index in [1.807, 2.05) is 0 Å². The third-order valence-corrected chi connectivity index (χ3v) is 3.23. The van der Waals surface area contributed by atoms with Crippen molar-refractivity contribution in [1.29, 1.82) is 0 Å². The van der Waals surface area contributed by atoms with Crippen LogP contribution in [0.2, 0.25) is 0 Å². The second-order valence-electron chi connectivity index (χ2n) is 4.03. The van der Waals surface area contributed by atoms with Gasteiger partial charge in [0.1, 0.15) is 0 Å². The number of rotatable bonds is 0. The zero-order chi connectivity index (χ0) is 8.11. The lowest BCUT2D eigenvalue weighted by atomic mass is 9.83. The van der Waals surface area contributed by atoms with Crippen molar-refractivity contribution in [3.63, 3.8) is 0 Å². The zero-order valence-electron chi connectivity index (χ0n) is 6.85. The van der Waals surface area contributed by atoms with Crippen LogP contribution >= 0.6 is 12.4 Å². The van der Waals surface area contributed by atoms with Crippen LogP contribution < -0.4 is 5.73 Å². The Bertz CT molecular complexity index is 174. The molecule has 4 heteroatoms. The molecule has 1 unspecified atom stereocenters. The SMILES string of the molecule is Cl.NC1CC12CCC(F)(F)CC2. The molecule has 1 spiro atoms. The zero-order valence-corrected chi connectivity index (χ0v) is 7.67. The molecule has 12 heavy (non-hydrogen) atoms. The fourth-order valence-electron chi connectivity index (χ4n) is 2.07. The second-order valence-corrected chi connectivity index (χ2v) is 4.03. The molecule has 2 rings (SSSR count). The van der Waals surface area contributed by atoms with Gasteiger partial charge in [0.2, 0.25) is 5.92 Å². The highest BCUT2D eigenvalue weighted by Crippen LogP contribution is 2.57. The van der Waals surface area contributed by atoms with Crippen LogP contribution in [-0.4, -0.2) is 12.0 Å². The van der Waals surface area contributed by atoms with Crippen molar-refractivity contribution in [3.05, 3.63) is 0 Å². The molecule has 0 aliphatic heterocycles. The van der Waals surface area contributed by atoms with Crippen LogP contribution in [0.5, 0.6) is 0 Å². The van der Waals surface area contributed by atoms with Crippen molar-refractivity contribution >= 4 is 12.4 Å². The van der Waals surface area contributed by atoms with Crippen molar-refractivity contribution in [2.45, 2.75) is 44.1 Å². The Morgan fingerprint density at radius 2 is 1.50 bits per heavy atom. The molecule has 2 N–H and O–H groups in total. The van der Waals surface area contributed by atoms with Crippen molar-refractivity contribution < 1.29 is 8.78 Å². The summed E-state index contributed by atoms with van der Waals surface area (Å²) in [5.41, 5.74) is 5.82. The van der Waals surface area contributed by atoms with Gasteiger partial charge in [0.15, 0.2) is 0 Å². The highest BCUT2D eigenvalue weighted by atomic mass is 35.5. The van der Waals surface area contributed by atoms with Gasteiger partial charge >= 0.3 is 0 Å². The summed E-state index contributed by atoms with van der Waals surface area (Å²) in [5, 5.41) is 0. The maximum absolute atomic E-state index is 12.7. The van der Waals surface area contributed by atoms with Crippen molar-refractivity contribution in [3.8, 4) is 0 Å². The minimum atomic E-state index is -2.40. The standard InChI is InChI=1S/C8H13F2N.ClH/c9-8(10)3-1-7(2-4-8)5-6(7)11;/h6H,1-5,11H2;1H. The van der Waals surface area contributed by atoms with Gasteiger partial charge in [-0.05, 0) is 24.7 Å². The van der Waals surface area contributed by atoms with E-state index in [0.29, 0.717) is 12.8 Å². The van der Waals surface area contributed by atoms with E-state index in [9.17, 15) is 8.78 Å². The molecule has 0 aromatic heterocycles. The first-order valence-corrected chi connectivity index (χ1v) is 4.18. The predicted molar refractivity (Wildman–Crippen MR) is 45.7 cm³/mol. The maximum Gasteiger partial charge on any atom is 0.248 e. The summed E-state index contributed by atoms with van der Waals surface area (Å²) in [6.45, 7) is 0. The minimum Gasteiger partial charge on any atom is -0.327 e. The van der Waals surface area contributed by atoms with Crippen molar-refractivity contribution in [2.75, 3.05) is 0 Å². The van der Waals surface area contributed by atoms with E-state index in [1.54, 1.807) is 0 Å². The van der Waals surface area contributed by atoms with Crippen LogP contribution in [0.1, 0.15) is 32.1 Å². The van der Waals surface area contributed by atoms with E-state index in [0.717, 1.165) is 6.42 Å². The molecule has 1 atom stereocenters. The Morgan fingerprint density at radius 1 is 1.08 bits per heavy atom. The Hall–Kier alpha value is 0.110. The van der Waals surface area contributed by atoms with Crippen molar-refractivity contribution in [1.82, 2.24) is 0 Å². The molecule has 0 amide bonds. The highest BCUT2D eigenvalue weighted by molar-refractivity contribution is 5.85. The molecule has 0 aromatic rings. The molecule has 0 aromatic carbocycles. The second kappa shape index (κ2) is 2.81. The summed E-state index contributed by atoms with van der Waals surface area (Å²) in [6.07, 6.45) is 2.37. The lowest BCUT2D eigenvalue weighted by Crippen LogP contribution is -2.28. The van der Waals surface area contributed by atoms with E-state index in [-0.39, 0.29) is 36.7 Å². The van der Waals surface area contributed by atoms with Gasteiger partial charge in [-0.1, -0.05) is 0 Å². The number of hydrogen-bond acceptors (Lipinski definition) is 1. The van der Waals surface area contributed by atoms with Crippen LogP contribution in [0, 0.1) is 5.41 Å². The van der Waals surface area contributed by atoms with Crippen molar-refractivity contribution in [2.24, 2.45) is 11.1 Å². The number of alkyl halides is 2. The maximum atomic E-state index is 12.7. The highest BCUT2D eigenvalue weighted by Gasteiger charge is 2.56. The minimum absolute atomic E-state index is 0. The summed E-state index contributed by atoms with van der Waals surface area (Å²) < 4.78 is 25.3. The van der Waals surface area contributed by atoms with Gasteiger partial charge in [-0.2, -0.15) is 0 Å². The lowest BCUT2D eigenvalue weighted by Gasteiger charge is -2.28. The van der Waals surface area contributed by atoms with Gasteiger partial charge in [-0.3, -0.25) is 0 Å². The molecule has 0 bridgehead atoms. The van der Waals surface area contributed by atoms with Gasteiger partial charge in [0.25, 0.3) is 0 Å². The number of hydrogen-bond donors (Lipinski definition) is 1. The average Bonchev–Trinajstić information content (AvgIpc) is 2.54. The summed E-state index contributed by atoms with van der Waals surface area (Å²) in [4.78, 5) is 0. The molecular formula is C8H14ClF2N. The van der Waals surface area contributed by atoms with E-state index >= 15 is 0 Å². The first-order chi connectivity index (χ1) is 5.04. The summed E-state index contributed by atoms with van der Waals surface area (Å²) >= 11 is 0. The van der Waals surface area contributed by atoms with E-state index in [4.69, 9.17) is 5.73 Å². The van der Waals surface area contributed by atoms with E-state index < -0.39 is 5.92 Å². The molecular weight excluding hydrogens is 184 g/mol. The van der Waals surface area contributed by atoms with Crippen LogP contribution in [0.15, 0.2) is 0 Å². The van der Waals surface area contributed by atoms with Crippen LogP contribution in [0.25, 0.3) is 0 Å². The van der Waals surface area contributed by atoms with Crippen LogP contribution in [-0.2, 0) is 0 Å². The largest absolute Gasteiger partial charge is 0.327 e. The molecule has 1 nitrogen and oxygen atoms in total. The smallest absolute Gasteiger partial charge is 0.248 e. The molecule has 2 aliphatic carbocycles. The van der Waals surface area contributed by atoms with E-state index in [1.165, 1.54) is 0 Å². The molecule has 2 fully saturated rings. The number of nitrogens with two attached hydrogens (primary N) is 1. The Morgan fingerprint density at radius 3 is 1.83 bits per heavy atom. The number of halogens is 3. The Kier molecular flexibility index (Phi) is 2.39. The first-order valence-electron chi connectivity index (χ1n) is 4.18. The molecule has 2 saturated carbocycles. The topological polar surface area (TPSA) is 26.0 Å². The molecule has 72 valence electrons. The van der Waals surface area contributed by atoms with Gasteiger partial charge < -0.3 is 5.73 Å². The van der Waals surface area contributed by atoms with Crippen LogP contribution in [0.4, 0.5) is 8.78 Å². The summed E-state index contributed by atoms with van der Waals surface area (Å²) in [6, 6.07) is 0.221. The summed E-state index contributed by atoms with van der Waals surface area (Å²) in [7, 11) is 0.